The van der Waals surface area contributed by atoms with Crippen LogP contribution in [0.5, 0.6) is 0 Å². The van der Waals surface area contributed by atoms with Crippen molar-refractivity contribution in [2.75, 3.05) is 18.5 Å². The number of aliphatic hydroxyl groups is 1. The molecule has 2 aromatic rings. The molecule has 4 heteroatoms. The fourth-order valence-corrected chi connectivity index (χ4v) is 2.34. The fraction of sp³-hybridized carbons (Fsp3) is 0.312. The van der Waals surface area contributed by atoms with Crippen molar-refractivity contribution in [2.45, 2.75) is 12.8 Å². The Morgan fingerprint density at radius 3 is 2.65 bits per heavy atom. The first-order valence-electron chi connectivity index (χ1n) is 6.86. The van der Waals surface area contributed by atoms with Gasteiger partial charge in [-0.3, -0.25) is 0 Å². The van der Waals surface area contributed by atoms with Gasteiger partial charge in [0.1, 0.15) is 0 Å². The van der Waals surface area contributed by atoms with Crippen LogP contribution in [0.4, 0.5) is 10.5 Å². The number of urea groups is 1. The van der Waals surface area contributed by atoms with E-state index < -0.39 is 0 Å². The quantitative estimate of drug-likeness (QED) is 0.800. The van der Waals surface area contributed by atoms with Gasteiger partial charge in [0, 0.05) is 17.3 Å². The normalized spacial score (nSPS) is 15.8. The van der Waals surface area contributed by atoms with E-state index in [4.69, 9.17) is 0 Å². The van der Waals surface area contributed by atoms with Crippen LogP contribution in [0.25, 0.3) is 10.8 Å². The van der Waals surface area contributed by atoms with Gasteiger partial charge in [0.25, 0.3) is 0 Å². The zero-order valence-electron chi connectivity index (χ0n) is 11.2. The van der Waals surface area contributed by atoms with Gasteiger partial charge in [0.05, 0.1) is 12.3 Å². The maximum atomic E-state index is 11.9. The lowest BCUT2D eigenvalue weighted by molar-refractivity contribution is 0.206. The summed E-state index contributed by atoms with van der Waals surface area (Å²) in [5.41, 5.74) is 0.727. The van der Waals surface area contributed by atoms with Crippen molar-refractivity contribution in [1.82, 2.24) is 5.32 Å². The average Bonchev–Trinajstić information content (AvgIpc) is 3.26. The molecule has 1 saturated carbocycles. The van der Waals surface area contributed by atoms with Crippen molar-refractivity contribution in [3.63, 3.8) is 0 Å². The van der Waals surface area contributed by atoms with Crippen LogP contribution in [0.1, 0.15) is 12.8 Å². The lowest BCUT2D eigenvalue weighted by atomic mass is 10.1. The molecule has 0 bridgehead atoms. The van der Waals surface area contributed by atoms with Crippen LogP contribution in [0, 0.1) is 5.41 Å². The number of benzene rings is 2. The second-order valence-corrected chi connectivity index (χ2v) is 5.49. The molecule has 1 aliphatic carbocycles. The van der Waals surface area contributed by atoms with Gasteiger partial charge in [0.15, 0.2) is 0 Å². The van der Waals surface area contributed by atoms with Gasteiger partial charge in [-0.1, -0.05) is 36.4 Å². The third-order valence-electron chi connectivity index (χ3n) is 3.95. The third-order valence-corrected chi connectivity index (χ3v) is 3.95. The van der Waals surface area contributed by atoms with E-state index in [0.29, 0.717) is 6.54 Å². The minimum absolute atomic E-state index is 0.0733. The van der Waals surface area contributed by atoms with Crippen LogP contribution in [0.15, 0.2) is 42.5 Å². The highest BCUT2D eigenvalue weighted by molar-refractivity contribution is 6.01. The molecule has 0 heterocycles. The molecule has 0 radical (unpaired) electrons. The van der Waals surface area contributed by atoms with Crippen molar-refractivity contribution in [3.05, 3.63) is 42.5 Å². The third kappa shape index (κ3) is 2.60. The van der Waals surface area contributed by atoms with Gasteiger partial charge in [-0.25, -0.2) is 4.79 Å². The minimum atomic E-state index is -0.221. The number of hydrogen-bond acceptors (Lipinski definition) is 2. The number of carbonyl (C=O) groups is 1. The summed E-state index contributed by atoms with van der Waals surface area (Å²) < 4.78 is 0. The lowest BCUT2D eigenvalue weighted by Gasteiger charge is -2.14. The summed E-state index contributed by atoms with van der Waals surface area (Å²) in [7, 11) is 0. The first-order valence-corrected chi connectivity index (χ1v) is 6.86. The largest absolute Gasteiger partial charge is 0.396 e. The summed E-state index contributed by atoms with van der Waals surface area (Å²) in [6.07, 6.45) is 1.97. The molecule has 2 aromatic carbocycles. The van der Waals surface area contributed by atoms with Crippen LogP contribution in [-0.2, 0) is 0 Å². The van der Waals surface area contributed by atoms with Crippen LogP contribution in [0.2, 0.25) is 0 Å². The Kier molecular flexibility index (Phi) is 3.32. The van der Waals surface area contributed by atoms with Gasteiger partial charge in [-0.2, -0.15) is 0 Å². The van der Waals surface area contributed by atoms with Crippen LogP contribution < -0.4 is 10.6 Å². The number of anilines is 1. The number of fused-ring (bicyclic) bond motifs is 1. The molecular weight excluding hydrogens is 252 g/mol. The predicted octanol–water partition coefficient (Wildman–Crippen LogP) is 2.73. The molecule has 1 fully saturated rings. The van der Waals surface area contributed by atoms with E-state index in [1.165, 1.54) is 0 Å². The van der Waals surface area contributed by atoms with Gasteiger partial charge in [-0.15, -0.1) is 0 Å². The van der Waals surface area contributed by atoms with E-state index in [0.717, 1.165) is 29.3 Å². The number of nitrogens with one attached hydrogen (secondary N) is 2. The van der Waals surface area contributed by atoms with E-state index in [2.05, 4.69) is 10.6 Å². The Morgan fingerprint density at radius 2 is 1.90 bits per heavy atom. The SMILES string of the molecule is O=C(NCC1(CO)CC1)Nc1cccc2ccccc12. The monoisotopic (exact) mass is 270 g/mol. The van der Waals surface area contributed by atoms with Gasteiger partial charge in [-0.05, 0) is 24.3 Å². The van der Waals surface area contributed by atoms with Crippen LogP contribution in [-0.4, -0.2) is 24.3 Å². The summed E-state index contributed by atoms with van der Waals surface area (Å²) in [5, 5.41) is 17.1. The zero-order valence-corrected chi connectivity index (χ0v) is 11.2. The summed E-state index contributed by atoms with van der Waals surface area (Å²) in [6.45, 7) is 0.668. The second kappa shape index (κ2) is 5.13. The van der Waals surface area contributed by atoms with Crippen molar-refractivity contribution in [3.8, 4) is 0 Å². The molecule has 4 nitrogen and oxygen atoms in total. The standard InChI is InChI=1S/C16H18N2O2/c19-11-16(8-9-16)10-17-15(20)18-14-7-3-5-12-4-1-2-6-13(12)14/h1-7,19H,8-11H2,(H2,17,18,20). The van der Waals surface area contributed by atoms with E-state index in [9.17, 15) is 9.90 Å². The smallest absolute Gasteiger partial charge is 0.319 e. The van der Waals surface area contributed by atoms with Crippen LogP contribution >= 0.6 is 0 Å². The minimum Gasteiger partial charge on any atom is -0.396 e. The maximum absolute atomic E-state index is 11.9. The van der Waals surface area contributed by atoms with Gasteiger partial charge < -0.3 is 15.7 Å². The molecule has 104 valence electrons. The predicted molar refractivity (Wildman–Crippen MR) is 79.7 cm³/mol. The topological polar surface area (TPSA) is 61.4 Å². The molecule has 2 amide bonds. The fourth-order valence-electron chi connectivity index (χ4n) is 2.34. The molecule has 0 aliphatic heterocycles. The lowest BCUT2D eigenvalue weighted by Crippen LogP contribution is -2.35. The summed E-state index contributed by atoms with van der Waals surface area (Å²) >= 11 is 0. The Morgan fingerprint density at radius 1 is 1.15 bits per heavy atom. The molecule has 3 N–H and O–H groups in total. The van der Waals surface area contributed by atoms with E-state index in [1.54, 1.807) is 0 Å². The number of hydrogen-bond donors (Lipinski definition) is 3. The molecule has 3 rings (SSSR count). The number of carbonyl (C=O) groups excluding carboxylic acids is 1. The average molecular weight is 270 g/mol. The molecule has 0 saturated heterocycles. The highest BCUT2D eigenvalue weighted by atomic mass is 16.3. The van der Waals surface area contributed by atoms with Crippen molar-refractivity contribution >= 4 is 22.5 Å². The van der Waals surface area contributed by atoms with Crippen molar-refractivity contribution < 1.29 is 9.90 Å². The second-order valence-electron chi connectivity index (χ2n) is 5.49. The summed E-state index contributed by atoms with van der Waals surface area (Å²) in [6, 6.07) is 13.5. The molecule has 0 atom stereocenters. The Labute approximate surface area is 117 Å². The van der Waals surface area contributed by atoms with Gasteiger partial charge in [0.2, 0.25) is 0 Å². The Bertz CT molecular complexity index is 630. The number of rotatable bonds is 4. The molecular formula is C16H18N2O2. The first-order chi connectivity index (χ1) is 9.72. The molecule has 0 aromatic heterocycles. The van der Waals surface area contributed by atoms with Crippen molar-refractivity contribution in [2.24, 2.45) is 5.41 Å². The van der Waals surface area contributed by atoms with E-state index in [1.807, 2.05) is 42.5 Å². The summed E-state index contributed by atoms with van der Waals surface area (Å²) in [4.78, 5) is 11.9. The van der Waals surface area contributed by atoms with E-state index in [-0.39, 0.29) is 18.1 Å². The Hall–Kier alpha value is -2.07. The van der Waals surface area contributed by atoms with E-state index >= 15 is 0 Å². The number of amides is 2. The van der Waals surface area contributed by atoms with Crippen LogP contribution in [0.3, 0.4) is 0 Å². The molecule has 1 aliphatic rings. The molecule has 20 heavy (non-hydrogen) atoms. The highest BCUT2D eigenvalue weighted by Gasteiger charge is 2.42. The highest BCUT2D eigenvalue weighted by Crippen LogP contribution is 2.44. The maximum Gasteiger partial charge on any atom is 0.319 e. The first kappa shape index (κ1) is 12.9. The van der Waals surface area contributed by atoms with Gasteiger partial charge >= 0.3 is 6.03 Å². The Balaban J connectivity index is 1.68. The van der Waals surface area contributed by atoms with Crippen molar-refractivity contribution in [1.29, 1.82) is 0 Å². The zero-order chi connectivity index (χ0) is 14.0. The summed E-state index contributed by atoms with van der Waals surface area (Å²) in [5.74, 6) is 0. The number of aliphatic hydroxyl groups excluding tert-OH is 1. The molecule has 0 spiro atoms. The molecule has 0 unspecified atom stereocenters.